The number of nitro benzene ring substituents is 1. The van der Waals surface area contributed by atoms with E-state index >= 15 is 0 Å². The Morgan fingerprint density at radius 1 is 1.16 bits per heavy atom. The number of rotatable bonds is 4. The third-order valence-corrected chi connectivity index (χ3v) is 4.49. The van der Waals surface area contributed by atoms with E-state index in [4.69, 9.17) is 27.9 Å². The van der Waals surface area contributed by atoms with Crippen molar-refractivity contribution in [2.45, 2.75) is 0 Å². The Balaban J connectivity index is 1.75. The number of anilines is 2. The molecule has 132 valence electrons. The summed E-state index contributed by atoms with van der Waals surface area (Å²) in [5, 5.41) is 11.4. The van der Waals surface area contributed by atoms with Gasteiger partial charge in [-0.1, -0.05) is 23.2 Å². The predicted molar refractivity (Wildman–Crippen MR) is 96.1 cm³/mol. The maximum Gasteiger partial charge on any atom is 0.272 e. The fourth-order valence-electron chi connectivity index (χ4n) is 2.69. The number of non-ortho nitro benzene ring substituents is 1. The molecule has 1 saturated heterocycles. The third kappa shape index (κ3) is 3.69. The molecular weight excluding hydrogens is 369 g/mol. The van der Waals surface area contributed by atoms with E-state index in [-0.39, 0.29) is 15.7 Å². The van der Waals surface area contributed by atoms with Gasteiger partial charge in [-0.05, 0) is 0 Å². The molecule has 0 unspecified atom stereocenters. The lowest BCUT2D eigenvalue weighted by atomic mass is 10.2. The number of aromatic nitrogens is 2. The first-order chi connectivity index (χ1) is 12.0. The SMILES string of the molecule is COc1ccnc(N2CCN(c3c(Cl)cc([N+](=O)[O-])cc3Cl)CC2)n1. The fourth-order valence-corrected chi connectivity index (χ4v) is 3.40. The molecule has 0 radical (unpaired) electrons. The lowest BCUT2D eigenvalue weighted by Gasteiger charge is -2.36. The highest BCUT2D eigenvalue weighted by molar-refractivity contribution is 6.39. The molecule has 1 fully saturated rings. The van der Waals surface area contributed by atoms with E-state index in [0.717, 1.165) is 0 Å². The molecule has 8 nitrogen and oxygen atoms in total. The van der Waals surface area contributed by atoms with E-state index < -0.39 is 4.92 Å². The highest BCUT2D eigenvalue weighted by Gasteiger charge is 2.24. The Bertz CT molecular complexity index is 773. The Labute approximate surface area is 154 Å². The highest BCUT2D eigenvalue weighted by Crippen LogP contribution is 2.38. The maximum absolute atomic E-state index is 10.9. The van der Waals surface area contributed by atoms with Gasteiger partial charge in [-0.25, -0.2) is 4.98 Å². The highest BCUT2D eigenvalue weighted by atomic mass is 35.5. The van der Waals surface area contributed by atoms with Gasteiger partial charge in [0.15, 0.2) is 0 Å². The predicted octanol–water partition coefficient (Wildman–Crippen LogP) is 3.03. The summed E-state index contributed by atoms with van der Waals surface area (Å²) in [5.41, 5.74) is 0.488. The van der Waals surface area contributed by atoms with E-state index in [1.807, 2.05) is 9.80 Å². The number of halogens is 2. The van der Waals surface area contributed by atoms with E-state index in [9.17, 15) is 10.1 Å². The number of ether oxygens (including phenoxy) is 1. The van der Waals surface area contributed by atoms with Crippen LogP contribution in [0.25, 0.3) is 0 Å². The number of nitro groups is 1. The van der Waals surface area contributed by atoms with Gasteiger partial charge < -0.3 is 14.5 Å². The molecule has 1 aliphatic heterocycles. The summed E-state index contributed by atoms with van der Waals surface area (Å²) in [6, 6.07) is 4.33. The zero-order valence-electron chi connectivity index (χ0n) is 13.4. The van der Waals surface area contributed by atoms with Crippen LogP contribution >= 0.6 is 23.2 Å². The van der Waals surface area contributed by atoms with Gasteiger partial charge in [0.1, 0.15) is 0 Å². The standard InChI is InChI=1S/C15H15Cl2N5O3/c1-25-13-2-3-18-15(19-13)21-6-4-20(5-7-21)14-11(16)8-10(22(23)24)9-12(14)17/h2-3,8-9H,4-7H2,1H3. The molecule has 0 saturated carbocycles. The summed E-state index contributed by atoms with van der Waals surface area (Å²) in [7, 11) is 1.56. The molecule has 0 atom stereocenters. The molecule has 1 aliphatic rings. The lowest BCUT2D eigenvalue weighted by Crippen LogP contribution is -2.47. The minimum atomic E-state index is -0.514. The van der Waals surface area contributed by atoms with Crippen LogP contribution in [0.1, 0.15) is 0 Å². The van der Waals surface area contributed by atoms with Crippen LogP contribution in [0.2, 0.25) is 10.0 Å². The van der Waals surface area contributed by atoms with Crippen LogP contribution < -0.4 is 14.5 Å². The van der Waals surface area contributed by atoms with Gasteiger partial charge in [0.05, 0.1) is 27.8 Å². The monoisotopic (exact) mass is 383 g/mol. The van der Waals surface area contributed by atoms with E-state index in [2.05, 4.69) is 9.97 Å². The number of methoxy groups -OCH3 is 1. The van der Waals surface area contributed by atoms with E-state index in [1.165, 1.54) is 12.1 Å². The summed E-state index contributed by atoms with van der Waals surface area (Å²) in [6.45, 7) is 2.60. The molecule has 0 spiro atoms. The Morgan fingerprint density at radius 2 is 1.76 bits per heavy atom. The van der Waals surface area contributed by atoms with Gasteiger partial charge in [-0.3, -0.25) is 10.1 Å². The van der Waals surface area contributed by atoms with E-state index in [1.54, 1.807) is 19.4 Å². The van der Waals surface area contributed by atoms with Crippen LogP contribution in [0.4, 0.5) is 17.3 Å². The van der Waals surface area contributed by atoms with Crippen molar-refractivity contribution in [1.29, 1.82) is 0 Å². The van der Waals surface area contributed by atoms with Gasteiger partial charge in [0.2, 0.25) is 11.8 Å². The van der Waals surface area contributed by atoms with Crippen molar-refractivity contribution in [3.05, 3.63) is 44.6 Å². The van der Waals surface area contributed by atoms with Crippen molar-refractivity contribution in [3.8, 4) is 5.88 Å². The van der Waals surface area contributed by atoms with Crippen LogP contribution in [-0.2, 0) is 0 Å². The largest absolute Gasteiger partial charge is 0.481 e. The number of benzene rings is 1. The van der Waals surface area contributed by atoms with Crippen LogP contribution in [0.5, 0.6) is 5.88 Å². The molecule has 2 heterocycles. The first kappa shape index (κ1) is 17.5. The quantitative estimate of drug-likeness (QED) is 0.592. The fraction of sp³-hybridized carbons (Fsp3) is 0.333. The molecular formula is C15H15Cl2N5O3. The smallest absolute Gasteiger partial charge is 0.272 e. The van der Waals surface area contributed by atoms with E-state index in [0.29, 0.717) is 43.7 Å². The second-order valence-electron chi connectivity index (χ2n) is 5.39. The third-order valence-electron chi connectivity index (χ3n) is 3.92. The van der Waals surface area contributed by atoms with Crippen molar-refractivity contribution < 1.29 is 9.66 Å². The molecule has 1 aromatic carbocycles. The van der Waals surface area contributed by atoms with Crippen molar-refractivity contribution in [2.24, 2.45) is 0 Å². The molecule has 0 aliphatic carbocycles. The average molecular weight is 384 g/mol. The van der Waals surface area contributed by atoms with Crippen molar-refractivity contribution in [2.75, 3.05) is 43.1 Å². The first-order valence-electron chi connectivity index (χ1n) is 7.50. The molecule has 25 heavy (non-hydrogen) atoms. The Morgan fingerprint density at radius 3 is 2.32 bits per heavy atom. The minimum absolute atomic E-state index is 0.123. The Kier molecular flexibility index (Phi) is 5.10. The first-order valence-corrected chi connectivity index (χ1v) is 8.25. The molecule has 0 amide bonds. The van der Waals surface area contributed by atoms with Crippen LogP contribution in [0.3, 0.4) is 0 Å². The molecule has 1 aromatic heterocycles. The summed E-state index contributed by atoms with van der Waals surface area (Å²) < 4.78 is 5.12. The summed E-state index contributed by atoms with van der Waals surface area (Å²) in [5.74, 6) is 1.11. The van der Waals surface area contributed by atoms with Crippen molar-refractivity contribution >= 4 is 40.5 Å². The number of nitrogens with zero attached hydrogens (tertiary/aromatic N) is 5. The zero-order valence-corrected chi connectivity index (χ0v) is 14.9. The molecule has 3 rings (SSSR count). The van der Waals surface area contributed by atoms with Crippen molar-refractivity contribution in [3.63, 3.8) is 0 Å². The van der Waals surface area contributed by atoms with Gasteiger partial charge >= 0.3 is 0 Å². The van der Waals surface area contributed by atoms with Crippen LogP contribution in [-0.4, -0.2) is 48.2 Å². The van der Waals surface area contributed by atoms with Crippen molar-refractivity contribution in [1.82, 2.24) is 9.97 Å². The second kappa shape index (κ2) is 7.28. The number of hydrogen-bond acceptors (Lipinski definition) is 7. The summed E-state index contributed by atoms with van der Waals surface area (Å²) >= 11 is 12.4. The van der Waals surface area contributed by atoms with Crippen LogP contribution in [0.15, 0.2) is 24.4 Å². The van der Waals surface area contributed by atoms with Gasteiger partial charge in [0, 0.05) is 50.6 Å². The molecule has 0 N–H and O–H groups in total. The maximum atomic E-state index is 10.9. The zero-order chi connectivity index (χ0) is 18.0. The van der Waals surface area contributed by atoms with Gasteiger partial charge in [-0.15, -0.1) is 0 Å². The molecule has 2 aromatic rings. The minimum Gasteiger partial charge on any atom is -0.481 e. The van der Waals surface area contributed by atoms with Crippen LogP contribution in [0, 0.1) is 10.1 Å². The summed E-state index contributed by atoms with van der Waals surface area (Å²) in [6.07, 6.45) is 1.65. The molecule has 10 heteroatoms. The van der Waals surface area contributed by atoms with Gasteiger partial charge in [-0.2, -0.15) is 4.98 Å². The number of piperazine rings is 1. The summed E-state index contributed by atoms with van der Waals surface area (Å²) in [4.78, 5) is 23.0. The Hall–Kier alpha value is -2.32. The van der Waals surface area contributed by atoms with Gasteiger partial charge in [0.25, 0.3) is 5.69 Å². The topological polar surface area (TPSA) is 84.6 Å². The molecule has 0 bridgehead atoms. The lowest BCUT2D eigenvalue weighted by molar-refractivity contribution is -0.384. The normalized spacial score (nSPS) is 14.5. The average Bonchev–Trinajstić information content (AvgIpc) is 2.61. The number of hydrogen-bond donors (Lipinski definition) is 0. The second-order valence-corrected chi connectivity index (χ2v) is 6.20.